The molecule has 0 fully saturated rings. The van der Waals surface area contributed by atoms with Crippen LogP contribution in [0.25, 0.3) is 11.1 Å². The number of hydrogen-bond donors (Lipinski definition) is 0. The number of thiophene rings is 1. The van der Waals surface area contributed by atoms with Crippen LogP contribution in [-0.4, -0.2) is 16.5 Å². The number of nitrogens with zero attached hydrogens (tertiary/aromatic N) is 1. The molecule has 0 atom stereocenters. The van der Waals surface area contributed by atoms with Gasteiger partial charge in [0.2, 0.25) is 0 Å². The van der Waals surface area contributed by atoms with Crippen molar-refractivity contribution in [1.29, 1.82) is 0 Å². The second kappa shape index (κ2) is 5.36. The first-order chi connectivity index (χ1) is 9.22. The maximum absolute atomic E-state index is 11.9. The molecule has 3 nitrogen and oxygen atoms in total. The van der Waals surface area contributed by atoms with Gasteiger partial charge in [0.15, 0.2) is 11.4 Å². The zero-order chi connectivity index (χ0) is 13.2. The minimum atomic E-state index is 0.0316. The van der Waals surface area contributed by atoms with E-state index in [4.69, 9.17) is 16.0 Å². The number of benzene rings is 1. The van der Waals surface area contributed by atoms with E-state index in [0.29, 0.717) is 20.2 Å². The lowest BCUT2D eigenvalue weighted by Gasteiger charge is -1.94. The van der Waals surface area contributed by atoms with Crippen LogP contribution in [0.5, 0.6) is 0 Å². The summed E-state index contributed by atoms with van der Waals surface area (Å²) in [5, 5.41) is 0.511. The molecule has 0 unspecified atom stereocenters. The Bertz CT molecular complexity index is 702. The summed E-state index contributed by atoms with van der Waals surface area (Å²) < 4.78 is 6.16. The molecule has 3 rings (SSSR count). The number of hydrogen-bond acceptors (Lipinski definition) is 5. The Morgan fingerprint density at radius 3 is 2.89 bits per heavy atom. The lowest BCUT2D eigenvalue weighted by Crippen LogP contribution is -1.98. The number of Topliss-reactive ketones (excluding diaryl/α,β-unsaturated/α-hetero) is 1. The fourth-order valence-corrected chi connectivity index (χ4v) is 3.37. The molecule has 0 N–H and O–H groups in total. The van der Waals surface area contributed by atoms with Crippen molar-refractivity contribution in [2.24, 2.45) is 0 Å². The van der Waals surface area contributed by atoms with Crippen LogP contribution in [0.4, 0.5) is 0 Å². The zero-order valence-electron chi connectivity index (χ0n) is 9.63. The quantitative estimate of drug-likeness (QED) is 0.525. The summed E-state index contributed by atoms with van der Waals surface area (Å²) in [5.41, 5.74) is 1.54. The van der Waals surface area contributed by atoms with E-state index in [0.717, 1.165) is 11.1 Å². The van der Waals surface area contributed by atoms with Gasteiger partial charge in [0.25, 0.3) is 5.22 Å². The SMILES string of the molecule is O=C(CSc1nc2ccccc2o1)c1ccc(Cl)s1. The van der Waals surface area contributed by atoms with Crippen molar-refractivity contribution in [3.8, 4) is 0 Å². The Balaban J connectivity index is 1.70. The van der Waals surface area contributed by atoms with Crippen molar-refractivity contribution >= 4 is 51.6 Å². The smallest absolute Gasteiger partial charge is 0.257 e. The summed E-state index contributed by atoms with van der Waals surface area (Å²) in [7, 11) is 0. The van der Waals surface area contributed by atoms with Gasteiger partial charge < -0.3 is 4.42 Å². The Hall–Kier alpha value is -1.30. The third kappa shape index (κ3) is 2.83. The third-order valence-corrected chi connectivity index (χ3v) is 4.55. The average molecular weight is 310 g/mol. The van der Waals surface area contributed by atoms with E-state index < -0.39 is 0 Å². The minimum absolute atomic E-state index is 0.0316. The van der Waals surface area contributed by atoms with Gasteiger partial charge in [-0.25, -0.2) is 4.98 Å². The molecule has 0 saturated heterocycles. The summed E-state index contributed by atoms with van der Waals surface area (Å²) in [6, 6.07) is 11.0. The molecule has 2 heterocycles. The van der Waals surface area contributed by atoms with Crippen LogP contribution in [0, 0.1) is 0 Å². The lowest BCUT2D eigenvalue weighted by molar-refractivity contribution is 0.102. The van der Waals surface area contributed by atoms with Crippen molar-refractivity contribution in [2.75, 3.05) is 5.75 Å². The Morgan fingerprint density at radius 1 is 1.32 bits per heavy atom. The van der Waals surface area contributed by atoms with E-state index in [-0.39, 0.29) is 5.78 Å². The first-order valence-electron chi connectivity index (χ1n) is 5.49. The van der Waals surface area contributed by atoms with E-state index in [9.17, 15) is 4.79 Å². The highest BCUT2D eigenvalue weighted by atomic mass is 35.5. The summed E-state index contributed by atoms with van der Waals surface area (Å²) in [6.45, 7) is 0. The fraction of sp³-hybridized carbons (Fsp3) is 0.0769. The van der Waals surface area contributed by atoms with E-state index in [2.05, 4.69) is 4.98 Å². The molecule has 0 amide bonds. The molecule has 2 aromatic heterocycles. The third-order valence-electron chi connectivity index (χ3n) is 2.45. The highest BCUT2D eigenvalue weighted by Crippen LogP contribution is 2.26. The normalized spacial score (nSPS) is 11.0. The second-order valence-electron chi connectivity index (χ2n) is 3.76. The number of carbonyl (C=O) groups is 1. The van der Waals surface area contributed by atoms with Gasteiger partial charge in [-0.05, 0) is 24.3 Å². The molecule has 0 bridgehead atoms. The minimum Gasteiger partial charge on any atom is -0.431 e. The highest BCUT2D eigenvalue weighted by Gasteiger charge is 2.12. The van der Waals surface area contributed by atoms with Crippen LogP contribution in [0.2, 0.25) is 4.34 Å². The van der Waals surface area contributed by atoms with Gasteiger partial charge >= 0.3 is 0 Å². The summed E-state index contributed by atoms with van der Waals surface area (Å²) >= 11 is 8.39. The van der Waals surface area contributed by atoms with Gasteiger partial charge in [0, 0.05) is 0 Å². The second-order valence-corrected chi connectivity index (χ2v) is 6.40. The van der Waals surface area contributed by atoms with Gasteiger partial charge in [-0.1, -0.05) is 35.5 Å². The molecule has 96 valence electrons. The van der Waals surface area contributed by atoms with Crippen molar-refractivity contribution in [3.63, 3.8) is 0 Å². The molecule has 0 aliphatic heterocycles. The van der Waals surface area contributed by atoms with Gasteiger partial charge in [0.1, 0.15) is 5.52 Å². The maximum Gasteiger partial charge on any atom is 0.257 e. The fourth-order valence-electron chi connectivity index (χ4n) is 1.58. The molecule has 0 saturated carbocycles. The first-order valence-corrected chi connectivity index (χ1v) is 7.67. The molecule has 3 aromatic rings. The number of ketones is 1. The van der Waals surface area contributed by atoms with E-state index >= 15 is 0 Å². The summed E-state index contributed by atoms with van der Waals surface area (Å²) in [4.78, 5) is 16.9. The number of carbonyl (C=O) groups excluding carboxylic acids is 1. The van der Waals surface area contributed by atoms with Crippen LogP contribution in [-0.2, 0) is 0 Å². The van der Waals surface area contributed by atoms with Gasteiger partial charge in [-0.3, -0.25) is 4.79 Å². The van der Waals surface area contributed by atoms with Crippen molar-refractivity contribution < 1.29 is 9.21 Å². The molecule has 0 spiro atoms. The number of halogens is 1. The Labute approximate surface area is 122 Å². The van der Waals surface area contributed by atoms with Gasteiger partial charge in [-0.2, -0.15) is 0 Å². The lowest BCUT2D eigenvalue weighted by atomic mass is 10.3. The zero-order valence-corrected chi connectivity index (χ0v) is 12.0. The van der Waals surface area contributed by atoms with Crippen LogP contribution in [0.15, 0.2) is 46.0 Å². The largest absolute Gasteiger partial charge is 0.431 e. The van der Waals surface area contributed by atoms with Gasteiger partial charge in [0.05, 0.1) is 15.0 Å². The molecule has 0 aliphatic carbocycles. The molecule has 1 aromatic carbocycles. The van der Waals surface area contributed by atoms with E-state index in [1.54, 1.807) is 12.1 Å². The standard InChI is InChI=1S/C13H8ClNO2S2/c14-12-6-5-11(19-12)9(16)7-18-13-15-8-3-1-2-4-10(8)17-13/h1-6H,7H2. The van der Waals surface area contributed by atoms with Crippen molar-refractivity contribution in [2.45, 2.75) is 5.22 Å². The molecular formula is C13H8ClNO2S2. The monoisotopic (exact) mass is 309 g/mol. The number of para-hydroxylation sites is 2. The topological polar surface area (TPSA) is 43.1 Å². The van der Waals surface area contributed by atoms with Crippen LogP contribution in [0.3, 0.4) is 0 Å². The van der Waals surface area contributed by atoms with Crippen LogP contribution in [0.1, 0.15) is 9.67 Å². The molecule has 0 aliphatic rings. The number of rotatable bonds is 4. The Kier molecular flexibility index (Phi) is 3.59. The number of fused-ring (bicyclic) bond motifs is 1. The molecule has 6 heteroatoms. The van der Waals surface area contributed by atoms with Crippen molar-refractivity contribution in [3.05, 3.63) is 45.6 Å². The number of thioether (sulfide) groups is 1. The molecule has 0 radical (unpaired) electrons. The predicted octanol–water partition coefficient (Wildman–Crippen LogP) is 4.52. The average Bonchev–Trinajstić information content (AvgIpc) is 3.01. The van der Waals surface area contributed by atoms with E-state index in [1.165, 1.54) is 23.1 Å². The molecular weight excluding hydrogens is 302 g/mol. The van der Waals surface area contributed by atoms with Gasteiger partial charge in [-0.15, -0.1) is 11.3 Å². The Morgan fingerprint density at radius 2 is 2.16 bits per heavy atom. The summed E-state index contributed by atoms with van der Waals surface area (Å²) in [5.74, 6) is 0.327. The summed E-state index contributed by atoms with van der Waals surface area (Å²) in [6.07, 6.45) is 0. The van der Waals surface area contributed by atoms with Crippen LogP contribution >= 0.6 is 34.7 Å². The number of aromatic nitrogens is 1. The first kappa shape index (κ1) is 12.7. The van der Waals surface area contributed by atoms with E-state index in [1.807, 2.05) is 24.3 Å². The van der Waals surface area contributed by atoms with Crippen molar-refractivity contribution in [1.82, 2.24) is 4.98 Å². The maximum atomic E-state index is 11.9. The number of oxazole rings is 1. The highest BCUT2D eigenvalue weighted by molar-refractivity contribution is 7.99. The molecule has 19 heavy (non-hydrogen) atoms. The predicted molar refractivity (Wildman–Crippen MR) is 78.4 cm³/mol. The van der Waals surface area contributed by atoms with Crippen LogP contribution < -0.4 is 0 Å².